The molecule has 0 aliphatic carbocycles. The van der Waals surface area contributed by atoms with Crippen molar-refractivity contribution < 1.29 is 33.1 Å². The monoisotopic (exact) mass is 431 g/mol. The van der Waals surface area contributed by atoms with Crippen molar-refractivity contribution in [2.24, 2.45) is 0 Å². The maximum absolute atomic E-state index is 12.0. The summed E-state index contributed by atoms with van der Waals surface area (Å²) in [7, 11) is 1.49. The van der Waals surface area contributed by atoms with Gasteiger partial charge in [-0.25, -0.2) is 0 Å². The van der Waals surface area contributed by atoms with Gasteiger partial charge in [-0.3, -0.25) is 19.2 Å². The zero-order valence-electron chi connectivity index (χ0n) is 17.4. The Hall–Kier alpha value is -3.82. The van der Waals surface area contributed by atoms with Crippen LogP contribution in [0.5, 0.6) is 5.75 Å². The molecule has 0 saturated heterocycles. The third-order valence-corrected chi connectivity index (χ3v) is 4.03. The number of esters is 1. The Bertz CT molecular complexity index is 910. The van der Waals surface area contributed by atoms with Crippen LogP contribution in [0, 0.1) is 6.92 Å². The summed E-state index contributed by atoms with van der Waals surface area (Å²) >= 11 is 0. The van der Waals surface area contributed by atoms with E-state index in [2.05, 4.69) is 16.0 Å². The fraction of sp³-hybridized carbons (Fsp3) is 0.333. The molecule has 0 aliphatic rings. The van der Waals surface area contributed by atoms with Crippen LogP contribution >= 0.6 is 0 Å². The molecule has 0 radical (unpaired) electrons. The average Bonchev–Trinajstić information content (AvgIpc) is 3.29. The van der Waals surface area contributed by atoms with E-state index >= 15 is 0 Å². The summed E-state index contributed by atoms with van der Waals surface area (Å²) in [4.78, 5) is 47.1. The predicted molar refractivity (Wildman–Crippen MR) is 111 cm³/mol. The molecule has 0 saturated carbocycles. The molecule has 0 unspecified atom stereocenters. The van der Waals surface area contributed by atoms with Crippen LogP contribution in [0.1, 0.15) is 29.0 Å². The van der Waals surface area contributed by atoms with Gasteiger partial charge in [0.15, 0.2) is 12.4 Å². The standard InChI is InChI=1S/C21H25N3O7/c1-14-7-8-16(29-2)15(11-14)24-18(25)12-23-19(26)13-31-20(27)6-3-9-22-21(28)17-5-4-10-30-17/h4-5,7-8,10-11H,3,6,9,12-13H2,1-2H3,(H,22,28)(H,23,26)(H,24,25). The highest BCUT2D eigenvalue weighted by molar-refractivity contribution is 5.96. The molecule has 0 fully saturated rings. The molecule has 1 aromatic heterocycles. The summed E-state index contributed by atoms with van der Waals surface area (Å²) in [5, 5.41) is 7.62. The quantitative estimate of drug-likeness (QED) is 0.361. The van der Waals surface area contributed by atoms with Crippen molar-refractivity contribution in [1.29, 1.82) is 0 Å². The van der Waals surface area contributed by atoms with E-state index in [1.165, 1.54) is 19.4 Å². The first-order valence-corrected chi connectivity index (χ1v) is 9.57. The Morgan fingerprint density at radius 3 is 2.58 bits per heavy atom. The van der Waals surface area contributed by atoms with Crippen molar-refractivity contribution in [3.05, 3.63) is 47.9 Å². The van der Waals surface area contributed by atoms with Gasteiger partial charge in [-0.05, 0) is 43.2 Å². The number of methoxy groups -OCH3 is 1. The van der Waals surface area contributed by atoms with Crippen molar-refractivity contribution in [2.75, 3.05) is 32.1 Å². The van der Waals surface area contributed by atoms with Gasteiger partial charge in [0, 0.05) is 13.0 Å². The Morgan fingerprint density at radius 1 is 1.06 bits per heavy atom. The average molecular weight is 431 g/mol. The van der Waals surface area contributed by atoms with Gasteiger partial charge >= 0.3 is 5.97 Å². The second kappa shape index (κ2) is 12.0. The molecule has 1 aromatic carbocycles. The molecule has 3 N–H and O–H groups in total. The van der Waals surface area contributed by atoms with Crippen LogP contribution in [0.25, 0.3) is 0 Å². The number of hydrogen-bond acceptors (Lipinski definition) is 7. The van der Waals surface area contributed by atoms with Crippen LogP contribution in [0.4, 0.5) is 5.69 Å². The first kappa shape index (κ1) is 23.5. The number of benzene rings is 1. The highest BCUT2D eigenvalue weighted by atomic mass is 16.5. The van der Waals surface area contributed by atoms with E-state index in [1.54, 1.807) is 18.2 Å². The van der Waals surface area contributed by atoms with Gasteiger partial charge in [-0.15, -0.1) is 0 Å². The lowest BCUT2D eigenvalue weighted by Gasteiger charge is -2.11. The number of rotatable bonds is 11. The lowest BCUT2D eigenvalue weighted by Crippen LogP contribution is -2.35. The van der Waals surface area contributed by atoms with E-state index in [-0.39, 0.29) is 31.2 Å². The summed E-state index contributed by atoms with van der Waals surface area (Å²) in [5.74, 6) is -1.33. The summed E-state index contributed by atoms with van der Waals surface area (Å²) in [5.41, 5.74) is 1.43. The fourth-order valence-corrected chi connectivity index (χ4v) is 2.49. The molecule has 166 valence electrons. The number of aryl methyl sites for hydroxylation is 1. The van der Waals surface area contributed by atoms with Gasteiger partial charge in [-0.1, -0.05) is 6.07 Å². The highest BCUT2D eigenvalue weighted by Gasteiger charge is 2.12. The Morgan fingerprint density at radius 2 is 1.87 bits per heavy atom. The Balaban J connectivity index is 1.59. The van der Waals surface area contributed by atoms with Crippen molar-refractivity contribution in [3.8, 4) is 5.75 Å². The van der Waals surface area contributed by atoms with E-state index in [9.17, 15) is 19.2 Å². The van der Waals surface area contributed by atoms with Crippen molar-refractivity contribution in [2.45, 2.75) is 19.8 Å². The second-order valence-electron chi connectivity index (χ2n) is 6.53. The number of carbonyl (C=O) groups is 4. The fourth-order valence-electron chi connectivity index (χ4n) is 2.49. The lowest BCUT2D eigenvalue weighted by molar-refractivity contribution is -0.148. The maximum atomic E-state index is 12.0. The van der Waals surface area contributed by atoms with E-state index in [0.717, 1.165) is 5.56 Å². The van der Waals surface area contributed by atoms with Crippen LogP contribution < -0.4 is 20.7 Å². The molecule has 0 bridgehead atoms. The minimum absolute atomic E-state index is 0.0271. The number of carbonyl (C=O) groups excluding carboxylic acids is 4. The minimum atomic E-state index is -0.606. The topological polar surface area (TPSA) is 136 Å². The van der Waals surface area contributed by atoms with E-state index in [1.807, 2.05) is 13.0 Å². The smallest absolute Gasteiger partial charge is 0.306 e. The highest BCUT2D eigenvalue weighted by Crippen LogP contribution is 2.24. The summed E-state index contributed by atoms with van der Waals surface area (Å²) in [6.07, 6.45) is 1.76. The molecule has 10 nitrogen and oxygen atoms in total. The molecule has 3 amide bonds. The van der Waals surface area contributed by atoms with E-state index in [4.69, 9.17) is 13.9 Å². The number of furan rings is 1. The van der Waals surface area contributed by atoms with Crippen LogP contribution in [-0.4, -0.2) is 50.5 Å². The van der Waals surface area contributed by atoms with Gasteiger partial charge in [-0.2, -0.15) is 0 Å². The molecule has 2 rings (SSSR count). The van der Waals surface area contributed by atoms with Gasteiger partial charge in [0.2, 0.25) is 5.91 Å². The molecule has 2 aromatic rings. The molecule has 0 atom stereocenters. The Labute approximate surface area is 179 Å². The van der Waals surface area contributed by atoms with Crippen LogP contribution in [-0.2, 0) is 19.1 Å². The predicted octanol–water partition coefficient (Wildman–Crippen LogP) is 1.40. The normalized spacial score (nSPS) is 10.1. The zero-order valence-corrected chi connectivity index (χ0v) is 17.4. The van der Waals surface area contributed by atoms with Gasteiger partial charge in [0.25, 0.3) is 11.8 Å². The Kier molecular flexibility index (Phi) is 9.09. The van der Waals surface area contributed by atoms with Gasteiger partial charge in [0.1, 0.15) is 5.75 Å². The van der Waals surface area contributed by atoms with Gasteiger partial charge in [0.05, 0.1) is 25.6 Å². The van der Waals surface area contributed by atoms with Crippen LogP contribution in [0.15, 0.2) is 41.0 Å². The zero-order chi connectivity index (χ0) is 22.6. The van der Waals surface area contributed by atoms with Crippen molar-refractivity contribution in [3.63, 3.8) is 0 Å². The first-order chi connectivity index (χ1) is 14.9. The molecule has 1 heterocycles. The number of hydrogen-bond donors (Lipinski definition) is 3. The van der Waals surface area contributed by atoms with Crippen LogP contribution in [0.2, 0.25) is 0 Å². The van der Waals surface area contributed by atoms with E-state index < -0.39 is 24.4 Å². The molecular weight excluding hydrogens is 406 g/mol. The summed E-state index contributed by atoms with van der Waals surface area (Å²) < 4.78 is 15.0. The lowest BCUT2D eigenvalue weighted by atomic mass is 10.2. The largest absolute Gasteiger partial charge is 0.495 e. The third-order valence-electron chi connectivity index (χ3n) is 4.03. The maximum Gasteiger partial charge on any atom is 0.306 e. The van der Waals surface area contributed by atoms with Gasteiger partial charge < -0.3 is 29.8 Å². The third kappa shape index (κ3) is 8.21. The molecule has 0 aliphatic heterocycles. The SMILES string of the molecule is COc1ccc(C)cc1NC(=O)CNC(=O)COC(=O)CCCNC(=O)c1ccco1. The second-order valence-corrected chi connectivity index (χ2v) is 6.53. The minimum Gasteiger partial charge on any atom is -0.495 e. The molecular formula is C21H25N3O7. The van der Waals surface area contributed by atoms with Crippen molar-refractivity contribution >= 4 is 29.4 Å². The number of amides is 3. The molecule has 31 heavy (non-hydrogen) atoms. The van der Waals surface area contributed by atoms with Crippen LogP contribution in [0.3, 0.4) is 0 Å². The molecule has 0 spiro atoms. The first-order valence-electron chi connectivity index (χ1n) is 9.57. The molecule has 10 heteroatoms. The van der Waals surface area contributed by atoms with E-state index in [0.29, 0.717) is 17.9 Å². The number of anilines is 1. The number of ether oxygens (including phenoxy) is 2. The van der Waals surface area contributed by atoms with Crippen molar-refractivity contribution in [1.82, 2.24) is 10.6 Å². The summed E-state index contributed by atoms with van der Waals surface area (Å²) in [6.45, 7) is 1.34. The summed E-state index contributed by atoms with van der Waals surface area (Å²) in [6, 6.07) is 8.45. The number of nitrogens with one attached hydrogen (secondary N) is 3.